The number of fused-ring (bicyclic) bond motifs is 1. The van der Waals surface area contributed by atoms with Gasteiger partial charge in [-0.15, -0.1) is 0 Å². The summed E-state index contributed by atoms with van der Waals surface area (Å²) in [5.74, 6) is 0. The predicted octanol–water partition coefficient (Wildman–Crippen LogP) is 5.61. The van der Waals surface area contributed by atoms with Gasteiger partial charge in [-0.05, 0) is 35.9 Å². The highest BCUT2D eigenvalue weighted by Gasteiger charge is 2.13. The molecule has 0 atom stereocenters. The summed E-state index contributed by atoms with van der Waals surface area (Å²) in [7, 11) is 0. The first kappa shape index (κ1) is 15.4. The smallest absolute Gasteiger partial charge is 0.103 e. The van der Waals surface area contributed by atoms with E-state index in [-0.39, 0.29) is 0 Å². The van der Waals surface area contributed by atoms with Crippen molar-refractivity contribution in [2.45, 2.75) is 0 Å². The van der Waals surface area contributed by atoms with E-state index in [0.717, 1.165) is 37.9 Å². The van der Waals surface area contributed by atoms with Gasteiger partial charge >= 0.3 is 0 Å². The summed E-state index contributed by atoms with van der Waals surface area (Å²) >= 11 is 3.50. The molecule has 4 aromatic rings. The fourth-order valence-electron chi connectivity index (χ4n) is 2.88. The summed E-state index contributed by atoms with van der Waals surface area (Å²) in [4.78, 5) is 7.44. The number of benzene rings is 2. The molecule has 2 aromatic carbocycles. The molecule has 2 aromatic heterocycles. The molecule has 2 N–H and O–H groups in total. The number of pyridine rings is 1. The molecule has 0 aliphatic rings. The quantitative estimate of drug-likeness (QED) is 0.479. The number of aromatic amines is 1. The number of aromatic nitrogens is 2. The van der Waals surface area contributed by atoms with Crippen molar-refractivity contribution >= 4 is 38.2 Å². The van der Waals surface area contributed by atoms with Crippen molar-refractivity contribution in [3.8, 4) is 17.2 Å². The van der Waals surface area contributed by atoms with Crippen LogP contribution in [0, 0.1) is 11.3 Å². The van der Waals surface area contributed by atoms with E-state index in [1.807, 2.05) is 54.7 Å². The molecule has 2 heterocycles. The first-order valence-electron chi connectivity index (χ1n) is 7.73. The summed E-state index contributed by atoms with van der Waals surface area (Å²) in [5, 5.41) is 14.1. The van der Waals surface area contributed by atoms with E-state index >= 15 is 0 Å². The topological polar surface area (TPSA) is 64.5 Å². The van der Waals surface area contributed by atoms with Crippen molar-refractivity contribution in [1.29, 1.82) is 5.26 Å². The Morgan fingerprint density at radius 3 is 2.80 bits per heavy atom. The third-order valence-corrected chi connectivity index (χ3v) is 4.55. The van der Waals surface area contributed by atoms with Gasteiger partial charge in [0.05, 0.1) is 11.3 Å². The Labute approximate surface area is 153 Å². The molecular formula is C20H13BrN4. The Balaban J connectivity index is 1.89. The van der Waals surface area contributed by atoms with Crippen LogP contribution in [-0.4, -0.2) is 9.97 Å². The lowest BCUT2D eigenvalue weighted by molar-refractivity contribution is 1.30. The maximum Gasteiger partial charge on any atom is 0.103 e. The highest BCUT2D eigenvalue weighted by molar-refractivity contribution is 9.10. The second-order valence-electron chi connectivity index (χ2n) is 5.60. The number of nitrogens with one attached hydrogen (secondary N) is 2. The van der Waals surface area contributed by atoms with Crippen LogP contribution >= 0.6 is 15.9 Å². The van der Waals surface area contributed by atoms with Crippen LogP contribution in [0.1, 0.15) is 5.56 Å². The van der Waals surface area contributed by atoms with Gasteiger partial charge in [0.1, 0.15) is 6.07 Å². The van der Waals surface area contributed by atoms with Crippen LogP contribution in [0.5, 0.6) is 0 Å². The Kier molecular flexibility index (Phi) is 3.96. The minimum atomic E-state index is 0.505. The number of anilines is 2. The first-order chi connectivity index (χ1) is 12.3. The van der Waals surface area contributed by atoms with Gasteiger partial charge in [0.2, 0.25) is 0 Å². The molecule has 0 saturated carbocycles. The summed E-state index contributed by atoms with van der Waals surface area (Å²) in [6, 6.07) is 18.2. The summed E-state index contributed by atoms with van der Waals surface area (Å²) < 4.78 is 0.978. The zero-order valence-corrected chi connectivity index (χ0v) is 14.7. The maximum absolute atomic E-state index is 9.55. The van der Waals surface area contributed by atoms with E-state index in [9.17, 15) is 5.26 Å². The lowest BCUT2D eigenvalue weighted by Gasteiger charge is -2.14. The zero-order valence-electron chi connectivity index (χ0n) is 13.1. The SMILES string of the molecule is N#Cc1cncc(-c2cccc(Br)c2)c1Nc1cccc2[nH]ccc12. The van der Waals surface area contributed by atoms with E-state index in [2.05, 4.69) is 37.3 Å². The summed E-state index contributed by atoms with van der Waals surface area (Å²) in [5.41, 5.74) is 5.11. The van der Waals surface area contributed by atoms with Gasteiger partial charge in [-0.3, -0.25) is 4.98 Å². The molecular weight excluding hydrogens is 376 g/mol. The van der Waals surface area contributed by atoms with Crippen LogP contribution in [-0.2, 0) is 0 Å². The minimum absolute atomic E-state index is 0.505. The second kappa shape index (κ2) is 6.42. The van der Waals surface area contributed by atoms with E-state index in [1.54, 1.807) is 12.4 Å². The van der Waals surface area contributed by atoms with Crippen LogP contribution < -0.4 is 5.32 Å². The number of hydrogen-bond acceptors (Lipinski definition) is 3. The standard InChI is InChI=1S/C20H13BrN4/c21-15-4-1-3-13(9-15)17-12-23-11-14(10-22)20(17)25-19-6-2-5-18-16(19)7-8-24-18/h1-9,11-12,24H,(H,23,25). The third kappa shape index (κ3) is 2.88. The molecule has 0 unspecified atom stereocenters. The van der Waals surface area contributed by atoms with Crippen molar-refractivity contribution < 1.29 is 0 Å². The predicted molar refractivity (Wildman–Crippen MR) is 104 cm³/mol. The minimum Gasteiger partial charge on any atom is -0.361 e. The summed E-state index contributed by atoms with van der Waals surface area (Å²) in [6.07, 6.45) is 5.27. The molecule has 0 saturated heterocycles. The molecule has 0 aliphatic carbocycles. The highest BCUT2D eigenvalue weighted by Crippen LogP contribution is 2.35. The van der Waals surface area contributed by atoms with E-state index in [4.69, 9.17) is 0 Å². The van der Waals surface area contributed by atoms with Crippen molar-refractivity contribution in [2.24, 2.45) is 0 Å². The molecule has 0 fully saturated rings. The second-order valence-corrected chi connectivity index (χ2v) is 6.52. The Hall–Kier alpha value is -3.10. The summed E-state index contributed by atoms with van der Waals surface area (Å²) in [6.45, 7) is 0. The molecule has 0 spiro atoms. The van der Waals surface area contributed by atoms with Gasteiger partial charge in [-0.25, -0.2) is 0 Å². The van der Waals surface area contributed by atoms with E-state index < -0.39 is 0 Å². The fraction of sp³-hybridized carbons (Fsp3) is 0. The molecule has 4 nitrogen and oxygen atoms in total. The lowest BCUT2D eigenvalue weighted by atomic mass is 10.0. The lowest BCUT2D eigenvalue weighted by Crippen LogP contribution is -1.98. The van der Waals surface area contributed by atoms with Crippen LogP contribution in [0.25, 0.3) is 22.0 Å². The van der Waals surface area contributed by atoms with Crippen molar-refractivity contribution in [1.82, 2.24) is 9.97 Å². The third-order valence-electron chi connectivity index (χ3n) is 4.06. The Bertz CT molecular complexity index is 1110. The normalized spacial score (nSPS) is 10.6. The number of hydrogen-bond donors (Lipinski definition) is 2. The molecule has 4 rings (SSSR count). The molecule has 5 heteroatoms. The van der Waals surface area contributed by atoms with Crippen LogP contribution in [0.3, 0.4) is 0 Å². The average Bonchev–Trinajstić information content (AvgIpc) is 3.11. The van der Waals surface area contributed by atoms with E-state index in [1.165, 1.54) is 0 Å². The van der Waals surface area contributed by atoms with Gasteiger partial charge in [-0.1, -0.05) is 34.1 Å². The number of rotatable bonds is 3. The van der Waals surface area contributed by atoms with Crippen molar-refractivity contribution in [3.05, 3.63) is 77.2 Å². The largest absolute Gasteiger partial charge is 0.361 e. The molecule has 0 aliphatic heterocycles. The first-order valence-corrected chi connectivity index (χ1v) is 8.53. The van der Waals surface area contributed by atoms with Gasteiger partial charge in [0, 0.05) is 45.2 Å². The molecule has 0 radical (unpaired) electrons. The van der Waals surface area contributed by atoms with Gasteiger partial charge in [0.25, 0.3) is 0 Å². The molecule has 120 valence electrons. The Morgan fingerprint density at radius 1 is 1.08 bits per heavy atom. The van der Waals surface area contributed by atoms with Gasteiger partial charge < -0.3 is 10.3 Å². The van der Waals surface area contributed by atoms with E-state index in [0.29, 0.717) is 5.56 Å². The fourth-order valence-corrected chi connectivity index (χ4v) is 3.28. The van der Waals surface area contributed by atoms with Crippen molar-refractivity contribution in [2.75, 3.05) is 5.32 Å². The average molecular weight is 389 g/mol. The van der Waals surface area contributed by atoms with Crippen molar-refractivity contribution in [3.63, 3.8) is 0 Å². The van der Waals surface area contributed by atoms with Gasteiger partial charge in [0.15, 0.2) is 0 Å². The van der Waals surface area contributed by atoms with Crippen LogP contribution in [0.15, 0.2) is 71.6 Å². The van der Waals surface area contributed by atoms with Crippen LogP contribution in [0.2, 0.25) is 0 Å². The Morgan fingerprint density at radius 2 is 1.96 bits per heavy atom. The number of H-pyrrole nitrogens is 1. The zero-order chi connectivity index (χ0) is 17.2. The monoisotopic (exact) mass is 388 g/mol. The number of halogens is 1. The molecule has 0 bridgehead atoms. The number of nitrogens with zero attached hydrogens (tertiary/aromatic N) is 2. The van der Waals surface area contributed by atoms with Gasteiger partial charge in [-0.2, -0.15) is 5.26 Å². The molecule has 0 amide bonds. The van der Waals surface area contributed by atoms with Crippen LogP contribution in [0.4, 0.5) is 11.4 Å². The maximum atomic E-state index is 9.55. The molecule has 25 heavy (non-hydrogen) atoms. The highest BCUT2D eigenvalue weighted by atomic mass is 79.9. The number of nitriles is 1.